The number of carbonyl (C=O) groups excluding carboxylic acids is 2. The van der Waals surface area contributed by atoms with Gasteiger partial charge in [0.25, 0.3) is 5.91 Å². The van der Waals surface area contributed by atoms with Gasteiger partial charge in [0, 0.05) is 43.6 Å². The molecule has 2 aromatic rings. The third-order valence-electron chi connectivity index (χ3n) is 5.33. The number of ether oxygens (including phenoxy) is 1. The summed E-state index contributed by atoms with van der Waals surface area (Å²) < 4.78 is 5.34. The molecule has 0 bridgehead atoms. The first-order valence-corrected chi connectivity index (χ1v) is 9.34. The number of amides is 2. The zero-order valence-electron chi connectivity index (χ0n) is 16.2. The lowest BCUT2D eigenvalue weighted by molar-refractivity contribution is -0.130. The predicted molar refractivity (Wildman–Crippen MR) is 104 cm³/mol. The maximum Gasteiger partial charge on any atom is 0.254 e. The van der Waals surface area contributed by atoms with Gasteiger partial charge in [0.1, 0.15) is 5.75 Å². The Morgan fingerprint density at radius 2 is 1.78 bits per heavy atom. The molecule has 1 aromatic heterocycles. The summed E-state index contributed by atoms with van der Waals surface area (Å²) in [7, 11) is 1.64. The molecule has 27 heavy (non-hydrogen) atoms. The molecule has 144 valence electrons. The van der Waals surface area contributed by atoms with E-state index >= 15 is 0 Å². The second-order valence-electron chi connectivity index (χ2n) is 6.96. The van der Waals surface area contributed by atoms with Gasteiger partial charge in [0.15, 0.2) is 0 Å². The van der Waals surface area contributed by atoms with E-state index in [0.717, 1.165) is 29.0 Å². The Morgan fingerprint density at radius 1 is 1.04 bits per heavy atom. The molecule has 2 heterocycles. The van der Waals surface area contributed by atoms with Gasteiger partial charge in [-0.2, -0.15) is 0 Å². The van der Waals surface area contributed by atoms with Gasteiger partial charge in [-0.25, -0.2) is 0 Å². The van der Waals surface area contributed by atoms with Crippen molar-refractivity contribution < 1.29 is 14.3 Å². The van der Waals surface area contributed by atoms with Crippen LogP contribution in [0.25, 0.3) is 0 Å². The van der Waals surface area contributed by atoms with E-state index in [1.165, 1.54) is 0 Å². The maximum atomic E-state index is 13.0. The van der Waals surface area contributed by atoms with E-state index in [1.807, 2.05) is 54.1 Å². The molecule has 1 aliphatic heterocycles. The summed E-state index contributed by atoms with van der Waals surface area (Å²) in [5.74, 6) is 0.918. The molecule has 1 saturated heterocycles. The van der Waals surface area contributed by atoms with Gasteiger partial charge in [0.05, 0.1) is 13.5 Å². The van der Waals surface area contributed by atoms with Crippen LogP contribution in [0.3, 0.4) is 0 Å². The smallest absolute Gasteiger partial charge is 0.254 e. The van der Waals surface area contributed by atoms with Gasteiger partial charge >= 0.3 is 0 Å². The lowest BCUT2D eigenvalue weighted by Crippen LogP contribution is -2.38. The fraction of sp³-hybridized carbons (Fsp3) is 0.429. The molecule has 0 radical (unpaired) electrons. The van der Waals surface area contributed by atoms with Crippen molar-refractivity contribution in [3.05, 3.63) is 52.8 Å². The van der Waals surface area contributed by atoms with E-state index in [1.54, 1.807) is 7.11 Å². The molecule has 0 saturated carbocycles. The van der Waals surface area contributed by atoms with E-state index in [4.69, 9.17) is 4.74 Å². The predicted octanol–water partition coefficient (Wildman–Crippen LogP) is 2.56. The molecule has 1 aliphatic rings. The Balaban J connectivity index is 1.66. The molecule has 1 N–H and O–H groups in total. The fourth-order valence-corrected chi connectivity index (χ4v) is 3.54. The summed E-state index contributed by atoms with van der Waals surface area (Å²) in [5, 5.41) is 0. The summed E-state index contributed by atoms with van der Waals surface area (Å²) in [6.45, 7) is 6.39. The average Bonchev–Trinajstić information content (AvgIpc) is 3.04. The largest absolute Gasteiger partial charge is 0.496 e. The van der Waals surface area contributed by atoms with Crippen molar-refractivity contribution in [1.29, 1.82) is 0 Å². The van der Waals surface area contributed by atoms with Gasteiger partial charge in [0.2, 0.25) is 5.91 Å². The fourth-order valence-electron chi connectivity index (χ4n) is 3.54. The van der Waals surface area contributed by atoms with E-state index in [9.17, 15) is 9.59 Å². The number of carbonyl (C=O) groups is 2. The normalized spacial score (nSPS) is 14.8. The molecule has 1 aromatic carbocycles. The van der Waals surface area contributed by atoms with Crippen LogP contribution in [0.2, 0.25) is 0 Å². The Labute approximate surface area is 160 Å². The second kappa shape index (κ2) is 8.29. The van der Waals surface area contributed by atoms with Crippen LogP contribution in [-0.2, 0) is 11.2 Å². The Hall–Kier alpha value is -2.76. The van der Waals surface area contributed by atoms with Crippen molar-refractivity contribution >= 4 is 11.8 Å². The van der Waals surface area contributed by atoms with Crippen LogP contribution in [0.4, 0.5) is 0 Å². The van der Waals surface area contributed by atoms with E-state index < -0.39 is 0 Å². The van der Waals surface area contributed by atoms with E-state index in [2.05, 4.69) is 4.98 Å². The second-order valence-corrected chi connectivity index (χ2v) is 6.96. The van der Waals surface area contributed by atoms with Crippen LogP contribution in [0.15, 0.2) is 30.5 Å². The van der Waals surface area contributed by atoms with Crippen LogP contribution < -0.4 is 4.74 Å². The molecular formula is C21H27N3O3. The number of nitrogens with one attached hydrogen (secondary N) is 1. The third-order valence-corrected chi connectivity index (χ3v) is 5.33. The molecule has 1 fully saturated rings. The molecule has 0 atom stereocenters. The number of aromatic amines is 1. The van der Waals surface area contributed by atoms with Gasteiger partial charge in [-0.15, -0.1) is 0 Å². The summed E-state index contributed by atoms with van der Waals surface area (Å²) >= 11 is 0. The van der Waals surface area contributed by atoms with Crippen LogP contribution in [-0.4, -0.2) is 59.9 Å². The molecular weight excluding hydrogens is 342 g/mol. The summed E-state index contributed by atoms with van der Waals surface area (Å²) in [5.41, 5.74) is 3.56. The molecule has 2 amide bonds. The number of methoxy groups -OCH3 is 1. The van der Waals surface area contributed by atoms with Crippen LogP contribution in [0.5, 0.6) is 5.75 Å². The third kappa shape index (κ3) is 4.15. The first-order valence-electron chi connectivity index (χ1n) is 9.34. The van der Waals surface area contributed by atoms with Crippen molar-refractivity contribution in [2.24, 2.45) is 0 Å². The minimum Gasteiger partial charge on any atom is -0.496 e. The standard InChI is InChI=1S/C21H27N3O3/c1-15-16(2)19(27-3)8-7-18(15)21(26)24-11-5-10-23(12-13-24)20(25)14-17-6-4-9-22-17/h4,6-9,22H,5,10-14H2,1-3H3. The first kappa shape index (κ1) is 19.0. The number of nitrogens with zero attached hydrogens (tertiary/aromatic N) is 2. The quantitative estimate of drug-likeness (QED) is 0.901. The lowest BCUT2D eigenvalue weighted by Gasteiger charge is -2.23. The molecule has 0 spiro atoms. The minimum absolute atomic E-state index is 0.0249. The molecule has 0 unspecified atom stereocenters. The average molecular weight is 369 g/mol. The van der Waals surface area contributed by atoms with Crippen LogP contribution >= 0.6 is 0 Å². The first-order chi connectivity index (χ1) is 13.0. The number of hydrogen-bond acceptors (Lipinski definition) is 3. The van der Waals surface area contributed by atoms with Crippen molar-refractivity contribution in [1.82, 2.24) is 14.8 Å². The summed E-state index contributed by atoms with van der Waals surface area (Å²) in [4.78, 5) is 32.3. The Morgan fingerprint density at radius 3 is 2.48 bits per heavy atom. The van der Waals surface area contributed by atoms with E-state index in [-0.39, 0.29) is 11.8 Å². The molecule has 3 rings (SSSR count). The number of rotatable bonds is 4. The van der Waals surface area contributed by atoms with Crippen molar-refractivity contribution in [2.75, 3.05) is 33.3 Å². The molecule has 6 nitrogen and oxygen atoms in total. The van der Waals surface area contributed by atoms with Crippen molar-refractivity contribution in [3.63, 3.8) is 0 Å². The highest BCUT2D eigenvalue weighted by Crippen LogP contribution is 2.25. The van der Waals surface area contributed by atoms with Crippen LogP contribution in [0.1, 0.15) is 33.6 Å². The number of hydrogen-bond donors (Lipinski definition) is 1. The molecule has 0 aliphatic carbocycles. The summed E-state index contributed by atoms with van der Waals surface area (Å²) in [6, 6.07) is 7.49. The Bertz CT molecular complexity index is 814. The van der Waals surface area contributed by atoms with Gasteiger partial charge < -0.3 is 19.5 Å². The number of H-pyrrole nitrogens is 1. The highest BCUT2D eigenvalue weighted by molar-refractivity contribution is 5.96. The van der Waals surface area contributed by atoms with E-state index in [0.29, 0.717) is 38.2 Å². The molecule has 6 heteroatoms. The van der Waals surface area contributed by atoms with Gasteiger partial charge in [-0.05, 0) is 55.7 Å². The van der Waals surface area contributed by atoms with Crippen molar-refractivity contribution in [2.45, 2.75) is 26.7 Å². The van der Waals surface area contributed by atoms with Gasteiger partial charge in [-0.3, -0.25) is 9.59 Å². The monoisotopic (exact) mass is 369 g/mol. The summed E-state index contributed by atoms with van der Waals surface area (Å²) in [6.07, 6.45) is 2.98. The Kier molecular flexibility index (Phi) is 5.84. The lowest BCUT2D eigenvalue weighted by atomic mass is 10.0. The number of aromatic nitrogens is 1. The SMILES string of the molecule is COc1ccc(C(=O)N2CCCN(C(=O)Cc3ccc[nH]3)CC2)c(C)c1C. The zero-order valence-corrected chi connectivity index (χ0v) is 16.2. The zero-order chi connectivity index (χ0) is 19.4. The minimum atomic E-state index is 0.0249. The van der Waals surface area contributed by atoms with Crippen molar-refractivity contribution in [3.8, 4) is 5.75 Å². The highest BCUT2D eigenvalue weighted by Gasteiger charge is 2.24. The van der Waals surface area contributed by atoms with Crippen LogP contribution in [0, 0.1) is 13.8 Å². The maximum absolute atomic E-state index is 13.0. The topological polar surface area (TPSA) is 65.6 Å². The van der Waals surface area contributed by atoms with Gasteiger partial charge in [-0.1, -0.05) is 0 Å². The highest BCUT2D eigenvalue weighted by atomic mass is 16.5. The number of benzene rings is 1.